The molecule has 2 aromatic carbocycles. The molecule has 0 bridgehead atoms. The molecule has 0 unspecified atom stereocenters. The van der Waals surface area contributed by atoms with Crippen LogP contribution < -0.4 is 0 Å². The van der Waals surface area contributed by atoms with Crippen LogP contribution in [0, 0.1) is 12.7 Å². The van der Waals surface area contributed by atoms with Gasteiger partial charge in [0.15, 0.2) is 0 Å². The number of rotatable bonds is 5. The lowest BCUT2D eigenvalue weighted by molar-refractivity contribution is 0.275. The van der Waals surface area contributed by atoms with Gasteiger partial charge in [0.2, 0.25) is 0 Å². The van der Waals surface area contributed by atoms with Gasteiger partial charge in [-0.3, -0.25) is 4.57 Å². The molecule has 2 aromatic rings. The highest BCUT2D eigenvalue weighted by Gasteiger charge is 2.23. The molecule has 0 fully saturated rings. The maximum Gasteiger partial charge on any atom is 0.334 e. The van der Waals surface area contributed by atoms with E-state index in [1.54, 1.807) is 12.1 Å². The van der Waals surface area contributed by atoms with Gasteiger partial charge in [-0.1, -0.05) is 35.9 Å². The second-order valence-corrected chi connectivity index (χ2v) is 7.07. The monoisotopic (exact) mass is 308 g/mol. The van der Waals surface area contributed by atoms with Crippen molar-refractivity contribution in [3.8, 4) is 11.1 Å². The maximum atomic E-state index is 13.1. The standard InChI is InChI=1S/C16H18FO3P/c1-12-4-9-16(13-5-7-15(17)8-6-13)14(10-12)11-21(18,19-2)20-3/h4-10H,11H2,1-3H3. The average Bonchev–Trinajstić information content (AvgIpc) is 2.48. The molecule has 0 N–H and O–H groups in total. The van der Waals surface area contributed by atoms with Gasteiger partial charge in [-0.05, 0) is 35.7 Å². The normalized spacial score (nSPS) is 11.6. The fraction of sp³-hybridized carbons (Fsp3) is 0.250. The molecule has 5 heteroatoms. The Bertz CT molecular complexity index is 660. The van der Waals surface area contributed by atoms with E-state index in [1.165, 1.54) is 26.4 Å². The summed E-state index contributed by atoms with van der Waals surface area (Å²) in [6.07, 6.45) is 0.175. The zero-order chi connectivity index (χ0) is 15.5. The molecule has 0 radical (unpaired) electrons. The Kier molecular flexibility index (Phi) is 4.94. The zero-order valence-corrected chi connectivity index (χ0v) is 13.2. The van der Waals surface area contributed by atoms with Gasteiger partial charge in [0.25, 0.3) is 0 Å². The minimum atomic E-state index is -3.15. The smallest absolute Gasteiger partial charge is 0.312 e. The van der Waals surface area contributed by atoms with Gasteiger partial charge in [0.1, 0.15) is 5.82 Å². The molecule has 0 saturated heterocycles. The second-order valence-electron chi connectivity index (χ2n) is 4.80. The van der Waals surface area contributed by atoms with Crippen molar-refractivity contribution in [2.24, 2.45) is 0 Å². The molecule has 0 spiro atoms. The molecular formula is C16H18FO3P. The first-order valence-corrected chi connectivity index (χ1v) is 8.26. The third-order valence-corrected chi connectivity index (χ3v) is 5.18. The quantitative estimate of drug-likeness (QED) is 0.745. The molecule has 21 heavy (non-hydrogen) atoms. The fourth-order valence-corrected chi connectivity index (χ4v) is 3.26. The SMILES string of the molecule is COP(=O)(Cc1cc(C)ccc1-c1ccc(F)cc1)OC. The van der Waals surface area contributed by atoms with E-state index in [2.05, 4.69) is 0 Å². The number of hydrogen-bond donors (Lipinski definition) is 0. The number of hydrogen-bond acceptors (Lipinski definition) is 3. The minimum absolute atomic E-state index is 0.175. The lowest BCUT2D eigenvalue weighted by Crippen LogP contribution is -1.97. The van der Waals surface area contributed by atoms with Crippen molar-refractivity contribution < 1.29 is 18.0 Å². The van der Waals surface area contributed by atoms with Gasteiger partial charge in [-0.2, -0.15) is 0 Å². The summed E-state index contributed by atoms with van der Waals surface area (Å²) in [6, 6.07) is 12.1. The molecule has 0 aliphatic heterocycles. The van der Waals surface area contributed by atoms with Crippen molar-refractivity contribution in [1.29, 1.82) is 0 Å². The third-order valence-electron chi connectivity index (χ3n) is 3.34. The Balaban J connectivity index is 2.47. The van der Waals surface area contributed by atoms with Gasteiger partial charge in [-0.15, -0.1) is 0 Å². The van der Waals surface area contributed by atoms with E-state index in [9.17, 15) is 8.96 Å². The fourth-order valence-electron chi connectivity index (χ4n) is 2.18. The highest BCUT2D eigenvalue weighted by molar-refractivity contribution is 7.52. The highest BCUT2D eigenvalue weighted by Crippen LogP contribution is 2.51. The van der Waals surface area contributed by atoms with Crippen LogP contribution in [0.1, 0.15) is 11.1 Å². The van der Waals surface area contributed by atoms with Gasteiger partial charge in [0, 0.05) is 14.2 Å². The van der Waals surface area contributed by atoms with Gasteiger partial charge < -0.3 is 9.05 Å². The number of halogens is 1. The van der Waals surface area contributed by atoms with E-state index in [0.29, 0.717) is 0 Å². The summed E-state index contributed by atoms with van der Waals surface area (Å²) >= 11 is 0. The minimum Gasteiger partial charge on any atom is -0.312 e. The molecule has 0 aliphatic rings. The van der Waals surface area contributed by atoms with Crippen LogP contribution in [-0.4, -0.2) is 14.2 Å². The lowest BCUT2D eigenvalue weighted by Gasteiger charge is -2.17. The van der Waals surface area contributed by atoms with E-state index >= 15 is 0 Å². The summed E-state index contributed by atoms with van der Waals surface area (Å²) in [4.78, 5) is 0. The van der Waals surface area contributed by atoms with Crippen molar-refractivity contribution in [3.05, 3.63) is 59.4 Å². The molecule has 0 saturated carbocycles. The first kappa shape index (κ1) is 15.9. The molecule has 3 nitrogen and oxygen atoms in total. The van der Waals surface area contributed by atoms with Crippen molar-refractivity contribution >= 4 is 7.60 Å². The van der Waals surface area contributed by atoms with E-state index in [-0.39, 0.29) is 12.0 Å². The Morgan fingerprint density at radius 3 is 2.24 bits per heavy atom. The summed E-state index contributed by atoms with van der Waals surface area (Å²) in [7, 11) is -0.409. The average molecular weight is 308 g/mol. The topological polar surface area (TPSA) is 35.5 Å². The van der Waals surface area contributed by atoms with Crippen LogP contribution in [0.3, 0.4) is 0 Å². The van der Waals surface area contributed by atoms with E-state index < -0.39 is 7.60 Å². The molecule has 112 valence electrons. The maximum absolute atomic E-state index is 13.1. The Hall–Kier alpha value is -1.48. The van der Waals surface area contributed by atoms with Crippen LogP contribution in [0.5, 0.6) is 0 Å². The summed E-state index contributed by atoms with van der Waals surface area (Å²) < 4.78 is 35.5. The lowest BCUT2D eigenvalue weighted by atomic mass is 9.99. The molecule has 0 heterocycles. The largest absolute Gasteiger partial charge is 0.334 e. The Morgan fingerprint density at radius 2 is 1.67 bits per heavy atom. The third kappa shape index (κ3) is 3.79. The van der Waals surface area contributed by atoms with Gasteiger partial charge in [-0.25, -0.2) is 4.39 Å². The summed E-state index contributed by atoms with van der Waals surface area (Å²) in [6.45, 7) is 1.96. The predicted octanol–water partition coefficient (Wildman–Crippen LogP) is 4.79. The summed E-state index contributed by atoms with van der Waals surface area (Å²) in [5.74, 6) is -0.285. The van der Waals surface area contributed by atoms with E-state index in [1.807, 2.05) is 25.1 Å². The van der Waals surface area contributed by atoms with Crippen molar-refractivity contribution in [2.45, 2.75) is 13.1 Å². The number of benzene rings is 2. The number of aryl methyl sites for hydroxylation is 1. The first-order chi connectivity index (χ1) is 9.97. The van der Waals surface area contributed by atoms with Crippen LogP contribution in [0.25, 0.3) is 11.1 Å². The van der Waals surface area contributed by atoms with Crippen LogP contribution in [0.2, 0.25) is 0 Å². The molecule has 0 aromatic heterocycles. The van der Waals surface area contributed by atoms with Crippen LogP contribution in [0.15, 0.2) is 42.5 Å². The van der Waals surface area contributed by atoms with E-state index in [4.69, 9.17) is 9.05 Å². The molecule has 0 aliphatic carbocycles. The Labute approximate surface area is 124 Å². The van der Waals surface area contributed by atoms with Gasteiger partial charge >= 0.3 is 7.60 Å². The van der Waals surface area contributed by atoms with Gasteiger partial charge in [0.05, 0.1) is 6.16 Å². The molecular weight excluding hydrogens is 290 g/mol. The molecule has 2 rings (SSSR count). The zero-order valence-electron chi connectivity index (χ0n) is 12.3. The predicted molar refractivity (Wildman–Crippen MR) is 81.9 cm³/mol. The Morgan fingerprint density at radius 1 is 1.05 bits per heavy atom. The van der Waals surface area contributed by atoms with Crippen LogP contribution in [0.4, 0.5) is 4.39 Å². The summed E-state index contributed by atoms with van der Waals surface area (Å²) in [5.41, 5.74) is 3.67. The van der Waals surface area contributed by atoms with Crippen molar-refractivity contribution in [1.82, 2.24) is 0 Å². The summed E-state index contributed by atoms with van der Waals surface area (Å²) in [5, 5.41) is 0. The second kappa shape index (κ2) is 6.52. The van der Waals surface area contributed by atoms with Crippen molar-refractivity contribution in [2.75, 3.05) is 14.2 Å². The first-order valence-electron chi connectivity index (χ1n) is 6.53. The van der Waals surface area contributed by atoms with E-state index in [0.717, 1.165) is 22.3 Å². The van der Waals surface area contributed by atoms with Crippen molar-refractivity contribution in [3.63, 3.8) is 0 Å². The highest BCUT2D eigenvalue weighted by atomic mass is 31.2. The molecule has 0 atom stereocenters. The van der Waals surface area contributed by atoms with Crippen LogP contribution >= 0.6 is 7.60 Å². The molecule has 0 amide bonds. The van der Waals surface area contributed by atoms with Crippen LogP contribution in [-0.2, 0) is 19.8 Å².